The normalized spacial score (nSPS) is 42.0. The summed E-state index contributed by atoms with van der Waals surface area (Å²) in [7, 11) is 0. The Morgan fingerprint density at radius 3 is 2.60 bits per heavy atom. The van der Waals surface area contributed by atoms with E-state index in [4.69, 9.17) is 4.74 Å². The number of esters is 1. The summed E-state index contributed by atoms with van der Waals surface area (Å²) < 4.78 is 5.64. The lowest BCUT2D eigenvalue weighted by Gasteiger charge is -2.67. The van der Waals surface area contributed by atoms with Crippen molar-refractivity contribution in [2.45, 2.75) is 46.1 Å². The lowest BCUT2D eigenvalue weighted by Crippen LogP contribution is -2.69. The Hall–Kier alpha value is -0.790. The Balaban J connectivity index is 2.34. The van der Waals surface area contributed by atoms with E-state index >= 15 is 0 Å². The number of hydrogen-bond donors (Lipinski definition) is 0. The maximum atomic E-state index is 11.2. The molecule has 0 amide bonds. The zero-order valence-corrected chi connectivity index (χ0v) is 10.1. The summed E-state index contributed by atoms with van der Waals surface area (Å²) in [6, 6.07) is 0. The number of hydrogen-bond acceptors (Lipinski definition) is 2. The fourth-order valence-electron chi connectivity index (χ4n) is 3.50. The molecule has 0 aromatic heterocycles. The van der Waals surface area contributed by atoms with Gasteiger partial charge in [0.2, 0.25) is 0 Å². The zero-order chi connectivity index (χ0) is 11.4. The third-order valence-corrected chi connectivity index (χ3v) is 4.81. The molecule has 3 saturated carbocycles. The molecule has 0 aliphatic heterocycles. The van der Waals surface area contributed by atoms with Crippen molar-refractivity contribution in [1.82, 2.24) is 0 Å². The molecule has 3 aliphatic carbocycles. The zero-order valence-electron chi connectivity index (χ0n) is 10.1. The topological polar surface area (TPSA) is 26.3 Å². The van der Waals surface area contributed by atoms with Gasteiger partial charge in [0.25, 0.3) is 0 Å². The SMILES string of the molecule is C=C1CC2CC(OC(C)=O)(C1C)C2(C)C. The molecule has 0 saturated heterocycles. The van der Waals surface area contributed by atoms with Crippen molar-refractivity contribution in [1.29, 1.82) is 0 Å². The Labute approximate surface area is 91.7 Å². The van der Waals surface area contributed by atoms with Gasteiger partial charge in [-0.05, 0) is 18.8 Å². The number of carbonyl (C=O) groups is 1. The summed E-state index contributed by atoms with van der Waals surface area (Å²) in [5.41, 5.74) is 1.07. The van der Waals surface area contributed by atoms with Gasteiger partial charge in [-0.3, -0.25) is 4.79 Å². The van der Waals surface area contributed by atoms with Gasteiger partial charge in [0, 0.05) is 18.3 Å². The summed E-state index contributed by atoms with van der Waals surface area (Å²) in [4.78, 5) is 11.2. The van der Waals surface area contributed by atoms with Crippen LogP contribution in [0.25, 0.3) is 0 Å². The third kappa shape index (κ3) is 1.14. The average Bonchev–Trinajstić information content (AvgIpc) is 2.11. The third-order valence-electron chi connectivity index (χ3n) is 4.81. The van der Waals surface area contributed by atoms with Crippen LogP contribution in [0.4, 0.5) is 0 Å². The highest BCUT2D eigenvalue weighted by atomic mass is 16.6. The van der Waals surface area contributed by atoms with E-state index in [0.29, 0.717) is 11.8 Å². The van der Waals surface area contributed by atoms with E-state index in [1.807, 2.05) is 0 Å². The molecule has 0 radical (unpaired) electrons. The van der Waals surface area contributed by atoms with Crippen LogP contribution in [0.5, 0.6) is 0 Å². The monoisotopic (exact) mass is 208 g/mol. The van der Waals surface area contributed by atoms with Crippen molar-refractivity contribution in [2.75, 3.05) is 0 Å². The van der Waals surface area contributed by atoms with Gasteiger partial charge in [-0.2, -0.15) is 0 Å². The predicted molar refractivity (Wildman–Crippen MR) is 59.3 cm³/mol. The highest BCUT2D eigenvalue weighted by molar-refractivity contribution is 5.67. The summed E-state index contributed by atoms with van der Waals surface area (Å²) in [6.07, 6.45) is 2.11. The molecule has 0 heterocycles. The Morgan fingerprint density at radius 1 is 1.53 bits per heavy atom. The van der Waals surface area contributed by atoms with Crippen LogP contribution in [0.1, 0.15) is 40.5 Å². The fraction of sp³-hybridized carbons (Fsp3) is 0.769. The lowest BCUT2D eigenvalue weighted by molar-refractivity contribution is -0.252. The van der Waals surface area contributed by atoms with Crippen LogP contribution in [0.15, 0.2) is 12.2 Å². The van der Waals surface area contributed by atoms with Crippen LogP contribution in [0.3, 0.4) is 0 Å². The summed E-state index contributed by atoms with van der Waals surface area (Å²) in [5.74, 6) is 0.769. The van der Waals surface area contributed by atoms with Crippen LogP contribution in [0.2, 0.25) is 0 Å². The van der Waals surface area contributed by atoms with Crippen LogP contribution in [-0.2, 0) is 9.53 Å². The van der Waals surface area contributed by atoms with E-state index in [-0.39, 0.29) is 17.0 Å². The maximum absolute atomic E-state index is 11.2. The van der Waals surface area contributed by atoms with Gasteiger partial charge in [0.1, 0.15) is 5.60 Å². The first-order valence-corrected chi connectivity index (χ1v) is 5.68. The van der Waals surface area contributed by atoms with Crippen LogP contribution < -0.4 is 0 Å². The molecule has 0 aromatic rings. The van der Waals surface area contributed by atoms with Gasteiger partial charge in [-0.1, -0.05) is 32.9 Å². The number of carbonyl (C=O) groups excluding carboxylic acids is 1. The van der Waals surface area contributed by atoms with E-state index in [9.17, 15) is 4.79 Å². The second-order valence-corrected chi connectivity index (χ2v) is 5.69. The van der Waals surface area contributed by atoms with E-state index in [1.54, 1.807) is 0 Å². The first-order valence-electron chi connectivity index (χ1n) is 5.68. The minimum atomic E-state index is -0.279. The van der Waals surface area contributed by atoms with Gasteiger partial charge in [0.05, 0.1) is 0 Å². The minimum absolute atomic E-state index is 0.110. The standard InChI is InChI=1S/C13H20O2/c1-8-6-11-7-13(9(8)2,12(11,4)5)15-10(3)14/h9,11H,1,6-7H2,2-5H3. The van der Waals surface area contributed by atoms with Crippen LogP contribution in [0, 0.1) is 17.3 Å². The smallest absolute Gasteiger partial charge is 0.303 e. The van der Waals surface area contributed by atoms with Gasteiger partial charge >= 0.3 is 5.97 Å². The highest BCUT2D eigenvalue weighted by Gasteiger charge is 2.68. The molecule has 3 aliphatic rings. The maximum Gasteiger partial charge on any atom is 0.303 e. The number of ether oxygens (including phenoxy) is 1. The number of fused-ring (bicyclic) bond motifs is 2. The van der Waals surface area contributed by atoms with E-state index in [0.717, 1.165) is 12.8 Å². The van der Waals surface area contributed by atoms with Crippen molar-refractivity contribution in [3.63, 3.8) is 0 Å². The molecule has 2 heteroatoms. The molecule has 3 unspecified atom stereocenters. The molecule has 0 aromatic carbocycles. The molecule has 84 valence electrons. The van der Waals surface area contributed by atoms with Crippen molar-refractivity contribution < 1.29 is 9.53 Å². The van der Waals surface area contributed by atoms with E-state index in [2.05, 4.69) is 27.4 Å². The van der Waals surface area contributed by atoms with Crippen LogP contribution >= 0.6 is 0 Å². The molecule has 3 rings (SSSR count). The molecular formula is C13H20O2. The quantitative estimate of drug-likeness (QED) is 0.489. The van der Waals surface area contributed by atoms with Gasteiger partial charge < -0.3 is 4.74 Å². The minimum Gasteiger partial charge on any atom is -0.458 e. The average molecular weight is 208 g/mol. The molecule has 0 spiro atoms. The molecule has 2 bridgehead atoms. The van der Waals surface area contributed by atoms with Crippen molar-refractivity contribution in [3.8, 4) is 0 Å². The number of rotatable bonds is 1. The second kappa shape index (κ2) is 2.87. The first-order chi connectivity index (χ1) is 6.81. The van der Waals surface area contributed by atoms with Gasteiger partial charge in [0.15, 0.2) is 0 Å². The summed E-state index contributed by atoms with van der Waals surface area (Å²) in [5, 5.41) is 0. The summed E-state index contributed by atoms with van der Waals surface area (Å²) in [6.45, 7) is 12.2. The van der Waals surface area contributed by atoms with Crippen molar-refractivity contribution in [3.05, 3.63) is 12.2 Å². The first kappa shape index (κ1) is 10.7. The highest BCUT2D eigenvalue weighted by Crippen LogP contribution is 2.66. The summed E-state index contributed by atoms with van der Waals surface area (Å²) >= 11 is 0. The Bertz CT molecular complexity index is 329. The fourth-order valence-corrected chi connectivity index (χ4v) is 3.50. The lowest BCUT2D eigenvalue weighted by atomic mass is 9.42. The second-order valence-electron chi connectivity index (χ2n) is 5.69. The molecule has 2 nitrogen and oxygen atoms in total. The van der Waals surface area contributed by atoms with Gasteiger partial charge in [-0.15, -0.1) is 0 Å². The molecule has 3 atom stereocenters. The Morgan fingerprint density at radius 2 is 2.13 bits per heavy atom. The molecule has 15 heavy (non-hydrogen) atoms. The predicted octanol–water partition coefficient (Wildman–Crippen LogP) is 2.93. The molecule has 3 fully saturated rings. The molecular weight excluding hydrogens is 188 g/mol. The van der Waals surface area contributed by atoms with Crippen molar-refractivity contribution >= 4 is 5.97 Å². The Kier molecular flexibility index (Phi) is 2.05. The van der Waals surface area contributed by atoms with Crippen LogP contribution in [-0.4, -0.2) is 11.6 Å². The molecule has 0 N–H and O–H groups in total. The van der Waals surface area contributed by atoms with Gasteiger partial charge in [-0.25, -0.2) is 0 Å². The van der Waals surface area contributed by atoms with E-state index < -0.39 is 0 Å². The van der Waals surface area contributed by atoms with Crippen molar-refractivity contribution in [2.24, 2.45) is 17.3 Å². The largest absolute Gasteiger partial charge is 0.458 e. The van der Waals surface area contributed by atoms with E-state index in [1.165, 1.54) is 12.5 Å².